The van der Waals surface area contributed by atoms with E-state index in [-0.39, 0.29) is 28.3 Å². The third kappa shape index (κ3) is 2.83. The van der Waals surface area contributed by atoms with Gasteiger partial charge in [0.25, 0.3) is 0 Å². The highest BCUT2D eigenvalue weighted by atomic mass is 32.2. The van der Waals surface area contributed by atoms with Crippen LogP contribution in [0.15, 0.2) is 12.1 Å². The van der Waals surface area contributed by atoms with Crippen LogP contribution >= 0.6 is 24.4 Å². The molecule has 1 aromatic carbocycles. The number of nitrogens with one attached hydrogen (secondary N) is 1. The lowest BCUT2D eigenvalue weighted by Gasteiger charge is -2.59. The molecule has 5 atom stereocenters. The number of rotatable bonds is 6. The number of carbonyl (C=O) groups excluding carboxylic acids is 2. The van der Waals surface area contributed by atoms with Gasteiger partial charge in [-0.05, 0) is 38.1 Å². The molecule has 2 aliphatic carbocycles. The Hall–Kier alpha value is -1.38. The van der Waals surface area contributed by atoms with Gasteiger partial charge in [0.1, 0.15) is 0 Å². The lowest BCUT2D eigenvalue weighted by molar-refractivity contribution is -0.137. The molecule has 5 rings (SSSR count). The van der Waals surface area contributed by atoms with Crippen LogP contribution in [0.25, 0.3) is 0 Å². The molecule has 1 amide bonds. The van der Waals surface area contributed by atoms with Gasteiger partial charge in [0.15, 0.2) is 23.4 Å². The SMILES string of the molecule is COc1ccc2c3c1O[C@H]1C(=O)CC(SCC(=O)NCCS)[C@H]4[C@@H](C2)N(C)CC[C@]314. The number of methoxy groups -OCH3 is 1. The Balaban J connectivity index is 1.55. The van der Waals surface area contributed by atoms with E-state index in [1.807, 2.05) is 6.07 Å². The van der Waals surface area contributed by atoms with Crippen LogP contribution in [0.4, 0.5) is 0 Å². The number of ketones is 1. The highest BCUT2D eigenvalue weighted by Crippen LogP contribution is 2.64. The van der Waals surface area contributed by atoms with Gasteiger partial charge in [-0.15, -0.1) is 11.8 Å². The van der Waals surface area contributed by atoms with E-state index in [0.29, 0.717) is 30.5 Å². The van der Waals surface area contributed by atoms with Gasteiger partial charge in [0.2, 0.25) is 5.91 Å². The number of piperidine rings is 1. The van der Waals surface area contributed by atoms with Crippen molar-refractivity contribution >= 4 is 36.1 Å². The molecule has 2 fully saturated rings. The topological polar surface area (TPSA) is 67.9 Å². The number of ether oxygens (including phenoxy) is 2. The normalized spacial score (nSPS) is 33.6. The Labute approximate surface area is 186 Å². The second-order valence-electron chi connectivity index (χ2n) is 8.79. The zero-order chi connectivity index (χ0) is 21.0. The number of likely N-dealkylation sites (N-methyl/N-ethyl adjacent to an activating group) is 1. The van der Waals surface area contributed by atoms with Gasteiger partial charge in [-0.25, -0.2) is 0 Å². The third-order valence-electron chi connectivity index (χ3n) is 7.44. The Bertz CT molecular complexity index is 894. The highest BCUT2D eigenvalue weighted by molar-refractivity contribution is 8.00. The molecule has 1 spiro atoms. The van der Waals surface area contributed by atoms with Crippen molar-refractivity contribution < 1.29 is 19.1 Å². The Morgan fingerprint density at radius 1 is 1.43 bits per heavy atom. The standard InChI is InChI=1S/C22H28N2O4S2/c1-24-7-5-22-18-12-3-4-15(27-2)20(18)28-21(22)14(25)10-16(19(22)13(24)9-12)30-11-17(26)23-6-8-29/h3-4,13,16,19,21,29H,5-11H2,1-2H3,(H,23,26)/t13-,16?,19-,21+,22-/m1/s1. The number of likely N-dealkylation sites (tertiary alicyclic amines) is 1. The van der Waals surface area contributed by atoms with E-state index in [0.717, 1.165) is 30.9 Å². The molecule has 1 saturated heterocycles. The van der Waals surface area contributed by atoms with E-state index in [9.17, 15) is 9.59 Å². The van der Waals surface area contributed by atoms with Gasteiger partial charge in [0.05, 0.1) is 18.3 Å². The predicted octanol–water partition coefficient (Wildman–Crippen LogP) is 1.69. The molecule has 1 saturated carbocycles. The van der Waals surface area contributed by atoms with E-state index in [1.54, 1.807) is 18.9 Å². The van der Waals surface area contributed by atoms with Crippen molar-refractivity contribution in [3.63, 3.8) is 0 Å². The van der Waals surface area contributed by atoms with Crippen molar-refractivity contribution in [3.8, 4) is 11.5 Å². The molecule has 2 heterocycles. The average Bonchev–Trinajstić information content (AvgIpc) is 3.09. The first-order valence-corrected chi connectivity index (χ1v) is 12.3. The van der Waals surface area contributed by atoms with Crippen molar-refractivity contribution in [3.05, 3.63) is 23.3 Å². The maximum atomic E-state index is 13.3. The van der Waals surface area contributed by atoms with Crippen molar-refractivity contribution in [2.45, 2.75) is 42.1 Å². The van der Waals surface area contributed by atoms with Crippen LogP contribution < -0.4 is 14.8 Å². The molecular weight excluding hydrogens is 420 g/mol. The lowest BCUT2D eigenvalue weighted by Crippen LogP contribution is -2.68. The first-order chi connectivity index (χ1) is 14.5. The Morgan fingerprint density at radius 3 is 3.03 bits per heavy atom. The first-order valence-electron chi connectivity index (χ1n) is 10.6. The van der Waals surface area contributed by atoms with Crippen molar-refractivity contribution in [1.82, 2.24) is 10.2 Å². The fourth-order valence-electron chi connectivity index (χ4n) is 6.29. The number of thiol groups is 1. The zero-order valence-electron chi connectivity index (χ0n) is 17.3. The minimum atomic E-state index is -0.432. The van der Waals surface area contributed by atoms with Gasteiger partial charge in [-0.2, -0.15) is 12.6 Å². The molecule has 1 unspecified atom stereocenters. The number of nitrogens with zero attached hydrogens (tertiary/aromatic N) is 1. The minimum Gasteiger partial charge on any atom is -0.493 e. The summed E-state index contributed by atoms with van der Waals surface area (Å²) in [6.45, 7) is 1.52. The molecule has 0 aromatic heterocycles. The van der Waals surface area contributed by atoms with Crippen LogP contribution in [-0.4, -0.2) is 72.7 Å². The van der Waals surface area contributed by atoms with Crippen LogP contribution in [-0.2, 0) is 21.4 Å². The summed E-state index contributed by atoms with van der Waals surface area (Å²) in [6, 6.07) is 4.48. The summed E-state index contributed by atoms with van der Waals surface area (Å²) in [6.07, 6.45) is 1.87. The van der Waals surface area contributed by atoms with E-state index in [4.69, 9.17) is 9.47 Å². The molecule has 162 valence electrons. The van der Waals surface area contributed by atoms with Crippen LogP contribution in [0.1, 0.15) is 24.0 Å². The Morgan fingerprint density at radius 2 is 2.27 bits per heavy atom. The summed E-state index contributed by atoms with van der Waals surface area (Å²) in [4.78, 5) is 28.0. The van der Waals surface area contributed by atoms with Crippen LogP contribution in [0, 0.1) is 5.92 Å². The molecule has 8 heteroatoms. The lowest BCUT2D eigenvalue weighted by atomic mass is 9.51. The quantitative estimate of drug-likeness (QED) is 0.646. The van der Waals surface area contributed by atoms with E-state index in [1.165, 1.54) is 11.1 Å². The van der Waals surface area contributed by atoms with E-state index in [2.05, 4.69) is 36.0 Å². The number of hydrogen-bond donors (Lipinski definition) is 2. The fraction of sp³-hybridized carbons (Fsp3) is 0.636. The largest absolute Gasteiger partial charge is 0.493 e. The predicted molar refractivity (Wildman–Crippen MR) is 120 cm³/mol. The molecule has 2 bridgehead atoms. The number of amides is 1. The minimum absolute atomic E-state index is 0.0147. The van der Waals surface area contributed by atoms with E-state index < -0.39 is 6.10 Å². The smallest absolute Gasteiger partial charge is 0.230 e. The summed E-state index contributed by atoms with van der Waals surface area (Å²) in [5, 5.41) is 3.00. The molecule has 2 aliphatic heterocycles. The molecule has 6 nitrogen and oxygen atoms in total. The first kappa shape index (κ1) is 20.5. The third-order valence-corrected chi connectivity index (χ3v) is 8.98. The molecule has 1 N–H and O–H groups in total. The summed E-state index contributed by atoms with van der Waals surface area (Å²) < 4.78 is 12.0. The average molecular weight is 449 g/mol. The number of Topliss-reactive ketones (excluding diaryl/α,β-unsaturated/α-hetero) is 1. The second kappa shape index (κ2) is 7.64. The number of hydrogen-bond acceptors (Lipinski definition) is 7. The van der Waals surface area contributed by atoms with Crippen LogP contribution in [0.3, 0.4) is 0 Å². The van der Waals surface area contributed by atoms with Gasteiger partial charge in [-0.1, -0.05) is 6.07 Å². The monoisotopic (exact) mass is 448 g/mol. The summed E-state index contributed by atoms with van der Waals surface area (Å²) in [5.41, 5.74) is 2.19. The Kier molecular flexibility index (Phi) is 5.22. The van der Waals surface area contributed by atoms with Gasteiger partial charge >= 0.3 is 0 Å². The maximum absolute atomic E-state index is 13.3. The summed E-state index contributed by atoms with van der Waals surface area (Å²) in [7, 11) is 3.85. The number of carbonyl (C=O) groups is 2. The van der Waals surface area contributed by atoms with Crippen LogP contribution in [0.2, 0.25) is 0 Å². The zero-order valence-corrected chi connectivity index (χ0v) is 19.1. The van der Waals surface area contributed by atoms with Crippen molar-refractivity contribution in [2.75, 3.05) is 38.8 Å². The van der Waals surface area contributed by atoms with Gasteiger partial charge in [0, 0.05) is 41.5 Å². The van der Waals surface area contributed by atoms with Crippen LogP contribution in [0.5, 0.6) is 11.5 Å². The van der Waals surface area contributed by atoms with Crippen molar-refractivity contribution in [2.24, 2.45) is 5.92 Å². The number of thioether (sulfide) groups is 1. The van der Waals surface area contributed by atoms with Gasteiger partial charge < -0.3 is 19.7 Å². The maximum Gasteiger partial charge on any atom is 0.230 e. The molecule has 4 aliphatic rings. The van der Waals surface area contributed by atoms with Gasteiger partial charge in [-0.3, -0.25) is 9.59 Å². The summed E-state index contributed by atoms with van der Waals surface area (Å²) >= 11 is 5.79. The highest BCUT2D eigenvalue weighted by Gasteiger charge is 2.68. The molecule has 1 aromatic rings. The van der Waals surface area contributed by atoms with Crippen molar-refractivity contribution in [1.29, 1.82) is 0 Å². The molecular formula is C22H28N2O4S2. The fourth-order valence-corrected chi connectivity index (χ4v) is 7.78. The van der Waals surface area contributed by atoms with E-state index >= 15 is 0 Å². The molecule has 0 radical (unpaired) electrons. The number of benzene rings is 1. The molecule has 30 heavy (non-hydrogen) atoms. The summed E-state index contributed by atoms with van der Waals surface area (Å²) in [5.74, 6) is 2.95. The second-order valence-corrected chi connectivity index (χ2v) is 10.5.